The molecule has 3 fully saturated rings. The van der Waals surface area contributed by atoms with Gasteiger partial charge in [0, 0.05) is 32.2 Å². The zero-order chi connectivity index (χ0) is 18.0. The summed E-state index contributed by atoms with van der Waals surface area (Å²) in [5.74, 6) is 0.820. The molecule has 0 radical (unpaired) electrons. The van der Waals surface area contributed by atoms with Crippen molar-refractivity contribution in [2.24, 2.45) is 5.92 Å². The molecular weight excluding hydrogens is 320 g/mol. The number of likely N-dealkylation sites (N-methyl/N-ethyl adjacent to an activating group) is 1. The minimum absolute atomic E-state index is 0.394. The Hall–Kier alpha value is -1.41. The van der Waals surface area contributed by atoms with Crippen molar-refractivity contribution in [3.63, 3.8) is 0 Å². The first kappa shape index (κ1) is 18.0. The summed E-state index contributed by atoms with van der Waals surface area (Å²) in [6.45, 7) is 7.28. The first-order valence-electron chi connectivity index (χ1n) is 10.3. The van der Waals surface area contributed by atoms with E-state index in [1.165, 1.54) is 70.4 Å². The molecule has 2 unspecified atom stereocenters. The monoisotopic (exact) mass is 352 g/mol. The SMILES string of the molecule is CN1CCN(CCCNC2CC[C@]3(c4cccc(C#N)c4)CC3C2)CC1. The van der Waals surface area contributed by atoms with Gasteiger partial charge in [0.1, 0.15) is 0 Å². The topological polar surface area (TPSA) is 42.3 Å². The molecule has 0 bridgehead atoms. The highest BCUT2D eigenvalue weighted by molar-refractivity contribution is 5.41. The highest BCUT2D eigenvalue weighted by Crippen LogP contribution is 2.62. The number of hydrogen-bond acceptors (Lipinski definition) is 4. The largest absolute Gasteiger partial charge is 0.314 e. The van der Waals surface area contributed by atoms with E-state index in [4.69, 9.17) is 5.26 Å². The summed E-state index contributed by atoms with van der Waals surface area (Å²) in [4.78, 5) is 5.03. The Morgan fingerprint density at radius 2 is 2.12 bits per heavy atom. The van der Waals surface area contributed by atoms with Gasteiger partial charge < -0.3 is 15.1 Å². The molecule has 0 aromatic heterocycles. The predicted octanol–water partition coefficient (Wildman–Crippen LogP) is 2.60. The fourth-order valence-corrected chi connectivity index (χ4v) is 5.15. The molecule has 3 atom stereocenters. The minimum atomic E-state index is 0.394. The molecule has 4 heteroatoms. The zero-order valence-electron chi connectivity index (χ0n) is 16.1. The van der Waals surface area contributed by atoms with E-state index in [1.807, 2.05) is 6.07 Å². The number of benzene rings is 1. The Morgan fingerprint density at radius 1 is 1.27 bits per heavy atom. The maximum Gasteiger partial charge on any atom is 0.0991 e. The van der Waals surface area contributed by atoms with Crippen molar-refractivity contribution in [1.82, 2.24) is 15.1 Å². The smallest absolute Gasteiger partial charge is 0.0991 e. The zero-order valence-corrected chi connectivity index (χ0v) is 16.1. The molecule has 4 rings (SSSR count). The van der Waals surface area contributed by atoms with Crippen LogP contribution in [0.1, 0.15) is 43.2 Å². The van der Waals surface area contributed by atoms with Gasteiger partial charge in [-0.15, -0.1) is 0 Å². The van der Waals surface area contributed by atoms with E-state index >= 15 is 0 Å². The van der Waals surface area contributed by atoms with Gasteiger partial charge >= 0.3 is 0 Å². The second-order valence-electron chi connectivity index (χ2n) is 8.67. The number of fused-ring (bicyclic) bond motifs is 1. The first-order valence-corrected chi connectivity index (χ1v) is 10.3. The predicted molar refractivity (Wildman–Crippen MR) is 105 cm³/mol. The Bertz CT molecular complexity index is 658. The molecule has 2 saturated carbocycles. The molecule has 1 saturated heterocycles. The van der Waals surface area contributed by atoms with Crippen molar-refractivity contribution < 1.29 is 0 Å². The van der Waals surface area contributed by atoms with E-state index in [0.29, 0.717) is 11.5 Å². The molecule has 26 heavy (non-hydrogen) atoms. The van der Waals surface area contributed by atoms with Crippen LogP contribution in [0.3, 0.4) is 0 Å². The number of hydrogen-bond donors (Lipinski definition) is 1. The van der Waals surface area contributed by atoms with E-state index in [9.17, 15) is 0 Å². The van der Waals surface area contributed by atoms with Crippen molar-refractivity contribution in [3.05, 3.63) is 35.4 Å². The van der Waals surface area contributed by atoms with Gasteiger partial charge in [-0.25, -0.2) is 0 Å². The quantitative estimate of drug-likeness (QED) is 0.799. The second kappa shape index (κ2) is 7.68. The Labute approximate surface area is 158 Å². The van der Waals surface area contributed by atoms with Crippen LogP contribution in [-0.2, 0) is 5.41 Å². The number of piperazine rings is 1. The van der Waals surface area contributed by atoms with Crippen molar-refractivity contribution in [2.45, 2.75) is 43.6 Å². The van der Waals surface area contributed by atoms with Gasteiger partial charge in [-0.2, -0.15) is 5.26 Å². The lowest BCUT2D eigenvalue weighted by Crippen LogP contribution is -2.45. The maximum atomic E-state index is 9.16. The molecular formula is C22H32N4. The van der Waals surface area contributed by atoms with Crippen LogP contribution < -0.4 is 5.32 Å². The molecule has 2 aliphatic carbocycles. The number of nitrogens with zero attached hydrogens (tertiary/aromatic N) is 3. The summed E-state index contributed by atoms with van der Waals surface area (Å²) in [5, 5.41) is 13.0. The lowest BCUT2D eigenvalue weighted by atomic mass is 9.80. The van der Waals surface area contributed by atoms with Crippen molar-refractivity contribution in [3.8, 4) is 6.07 Å². The number of nitrogens with one attached hydrogen (secondary N) is 1. The van der Waals surface area contributed by atoms with Gasteiger partial charge in [0.25, 0.3) is 0 Å². The van der Waals surface area contributed by atoms with Gasteiger partial charge in [-0.3, -0.25) is 0 Å². The number of nitriles is 1. The third-order valence-corrected chi connectivity index (χ3v) is 6.99. The summed E-state index contributed by atoms with van der Waals surface area (Å²) < 4.78 is 0. The van der Waals surface area contributed by atoms with Crippen LogP contribution in [0, 0.1) is 17.2 Å². The van der Waals surface area contributed by atoms with Gasteiger partial charge in [0.05, 0.1) is 11.6 Å². The normalized spacial score (nSPS) is 32.0. The van der Waals surface area contributed by atoms with Crippen LogP contribution in [-0.4, -0.2) is 62.2 Å². The number of rotatable bonds is 6. The second-order valence-corrected chi connectivity index (χ2v) is 8.67. The molecule has 3 aliphatic rings. The molecule has 0 spiro atoms. The van der Waals surface area contributed by atoms with Crippen LogP contribution in [0.5, 0.6) is 0 Å². The lowest BCUT2D eigenvalue weighted by molar-refractivity contribution is 0.152. The average molecular weight is 353 g/mol. The van der Waals surface area contributed by atoms with E-state index in [0.717, 1.165) is 18.0 Å². The van der Waals surface area contributed by atoms with Gasteiger partial charge in [0.15, 0.2) is 0 Å². The van der Waals surface area contributed by atoms with E-state index in [2.05, 4.69) is 46.4 Å². The highest BCUT2D eigenvalue weighted by Gasteiger charge is 2.57. The van der Waals surface area contributed by atoms with Gasteiger partial charge in [-0.1, -0.05) is 12.1 Å². The van der Waals surface area contributed by atoms with Crippen LogP contribution >= 0.6 is 0 Å². The van der Waals surface area contributed by atoms with Crippen LogP contribution in [0.25, 0.3) is 0 Å². The summed E-state index contributed by atoms with van der Waals surface area (Å²) >= 11 is 0. The summed E-state index contributed by atoms with van der Waals surface area (Å²) in [5.41, 5.74) is 2.62. The van der Waals surface area contributed by atoms with Crippen molar-refractivity contribution in [1.29, 1.82) is 5.26 Å². The molecule has 1 heterocycles. The summed E-state index contributed by atoms with van der Waals surface area (Å²) in [7, 11) is 2.22. The molecule has 0 amide bonds. The Balaban J connectivity index is 1.19. The molecule has 1 aromatic rings. The summed E-state index contributed by atoms with van der Waals surface area (Å²) in [6.07, 6.45) is 6.46. The maximum absolute atomic E-state index is 9.16. The van der Waals surface area contributed by atoms with E-state index in [1.54, 1.807) is 0 Å². The Kier molecular flexibility index (Phi) is 5.31. The lowest BCUT2D eigenvalue weighted by Gasteiger charge is -2.33. The fraction of sp³-hybridized carbons (Fsp3) is 0.682. The fourth-order valence-electron chi connectivity index (χ4n) is 5.15. The third kappa shape index (κ3) is 3.81. The third-order valence-electron chi connectivity index (χ3n) is 6.99. The molecule has 4 nitrogen and oxygen atoms in total. The Morgan fingerprint density at radius 3 is 2.88 bits per heavy atom. The standard InChI is InChI=1S/C22H32N4/c1-25-10-12-26(13-11-25)9-3-8-24-21-6-7-22(16-20(22)15-21)19-5-2-4-18(14-19)17-23/h2,4-5,14,20-21,24H,3,6-13,15-16H2,1H3/t20?,21?,22-/m1/s1. The van der Waals surface area contributed by atoms with Crippen molar-refractivity contribution >= 4 is 0 Å². The van der Waals surface area contributed by atoms with Gasteiger partial charge in [0.2, 0.25) is 0 Å². The van der Waals surface area contributed by atoms with Crippen LogP contribution in [0.4, 0.5) is 0 Å². The van der Waals surface area contributed by atoms with Crippen molar-refractivity contribution in [2.75, 3.05) is 46.3 Å². The first-order chi connectivity index (χ1) is 12.7. The molecule has 1 N–H and O–H groups in total. The van der Waals surface area contributed by atoms with Gasteiger partial charge in [-0.05, 0) is 81.3 Å². The highest BCUT2D eigenvalue weighted by atomic mass is 15.2. The van der Waals surface area contributed by atoms with E-state index in [-0.39, 0.29) is 0 Å². The van der Waals surface area contributed by atoms with Crippen LogP contribution in [0.2, 0.25) is 0 Å². The average Bonchev–Trinajstić information content (AvgIpc) is 3.42. The minimum Gasteiger partial charge on any atom is -0.314 e. The molecule has 1 aliphatic heterocycles. The van der Waals surface area contributed by atoms with E-state index < -0.39 is 0 Å². The van der Waals surface area contributed by atoms with Crippen LogP contribution in [0.15, 0.2) is 24.3 Å². The summed E-state index contributed by atoms with van der Waals surface area (Å²) in [6, 6.07) is 11.3. The molecule has 140 valence electrons. The molecule has 1 aromatic carbocycles.